The molecule has 1 atom stereocenters. The number of morpholine rings is 1. The fourth-order valence-corrected chi connectivity index (χ4v) is 3.74. The molecular formula is C24H28N2O5. The minimum atomic E-state index is -0.157. The lowest BCUT2D eigenvalue weighted by molar-refractivity contribution is -0.117. The van der Waals surface area contributed by atoms with E-state index in [1.165, 1.54) is 0 Å². The molecule has 4 rings (SSSR count). The van der Waals surface area contributed by atoms with Crippen LogP contribution in [0.5, 0.6) is 17.2 Å². The van der Waals surface area contributed by atoms with E-state index in [2.05, 4.69) is 10.2 Å². The number of nitrogens with one attached hydrogen (secondary N) is 1. The summed E-state index contributed by atoms with van der Waals surface area (Å²) in [5.41, 5.74) is 1.89. The van der Waals surface area contributed by atoms with E-state index in [0.29, 0.717) is 30.5 Å². The average Bonchev–Trinajstić information content (AvgIpc) is 2.83. The third-order valence-corrected chi connectivity index (χ3v) is 5.34. The van der Waals surface area contributed by atoms with Crippen LogP contribution in [0.2, 0.25) is 0 Å². The molecule has 164 valence electrons. The van der Waals surface area contributed by atoms with Crippen molar-refractivity contribution in [2.45, 2.75) is 6.04 Å². The zero-order chi connectivity index (χ0) is 21.5. The maximum Gasteiger partial charge on any atom is 0.244 e. The molecule has 1 saturated heterocycles. The van der Waals surface area contributed by atoms with Crippen LogP contribution in [0.3, 0.4) is 0 Å². The second-order valence-electron chi connectivity index (χ2n) is 7.47. The van der Waals surface area contributed by atoms with E-state index in [9.17, 15) is 4.79 Å². The van der Waals surface area contributed by atoms with Gasteiger partial charge in [-0.05, 0) is 29.3 Å². The van der Waals surface area contributed by atoms with Gasteiger partial charge in [0.2, 0.25) is 11.7 Å². The van der Waals surface area contributed by atoms with Crippen LogP contribution in [0.15, 0.2) is 48.5 Å². The Hall–Kier alpha value is -3.03. The summed E-state index contributed by atoms with van der Waals surface area (Å²) in [6.45, 7) is 4.90. The number of carbonyl (C=O) groups is 1. The molecule has 2 heterocycles. The van der Waals surface area contributed by atoms with Gasteiger partial charge >= 0.3 is 0 Å². The van der Waals surface area contributed by atoms with Crippen LogP contribution in [0.25, 0.3) is 6.08 Å². The zero-order valence-corrected chi connectivity index (χ0v) is 17.7. The quantitative estimate of drug-likeness (QED) is 0.690. The lowest BCUT2D eigenvalue weighted by Gasteiger charge is -2.31. The summed E-state index contributed by atoms with van der Waals surface area (Å²) in [6, 6.07) is 13.6. The molecule has 1 amide bonds. The highest BCUT2D eigenvalue weighted by Crippen LogP contribution is 2.40. The van der Waals surface area contributed by atoms with E-state index >= 15 is 0 Å². The topological polar surface area (TPSA) is 69.3 Å². The van der Waals surface area contributed by atoms with Gasteiger partial charge in [-0.3, -0.25) is 9.69 Å². The average molecular weight is 424 g/mol. The number of ether oxygens (including phenoxy) is 4. The maximum absolute atomic E-state index is 12.8. The molecule has 0 radical (unpaired) electrons. The second-order valence-corrected chi connectivity index (χ2v) is 7.47. The molecule has 1 unspecified atom stereocenters. The van der Waals surface area contributed by atoms with Gasteiger partial charge in [0.25, 0.3) is 0 Å². The Balaban J connectivity index is 1.46. The Bertz CT molecular complexity index is 892. The van der Waals surface area contributed by atoms with Crippen LogP contribution in [0.1, 0.15) is 17.2 Å². The molecule has 0 spiro atoms. The molecule has 0 aliphatic carbocycles. The molecule has 1 N–H and O–H groups in total. The Labute approximate surface area is 182 Å². The number of benzene rings is 2. The van der Waals surface area contributed by atoms with E-state index in [1.54, 1.807) is 19.3 Å². The van der Waals surface area contributed by atoms with Gasteiger partial charge in [0.05, 0.1) is 26.4 Å². The first-order valence-corrected chi connectivity index (χ1v) is 10.5. The number of nitrogens with zero attached hydrogens (tertiary/aromatic N) is 1. The molecule has 7 heteroatoms. The molecular weight excluding hydrogens is 396 g/mol. The van der Waals surface area contributed by atoms with Crippen LogP contribution < -0.4 is 19.5 Å². The SMILES string of the molecule is COc1cc(/C=C/C(=O)NC(CN2CCOCC2)c2ccccc2)cc2c1OCCO2. The number of hydrogen-bond acceptors (Lipinski definition) is 6. The van der Waals surface area contributed by atoms with Crippen molar-refractivity contribution in [3.05, 3.63) is 59.7 Å². The monoisotopic (exact) mass is 424 g/mol. The normalized spacial score (nSPS) is 17.3. The fraction of sp³-hybridized carbons (Fsp3) is 0.375. The van der Waals surface area contributed by atoms with Crippen molar-refractivity contribution in [1.29, 1.82) is 0 Å². The second kappa shape index (κ2) is 10.3. The summed E-state index contributed by atoms with van der Waals surface area (Å²) in [6.07, 6.45) is 3.30. The van der Waals surface area contributed by atoms with E-state index < -0.39 is 0 Å². The van der Waals surface area contributed by atoms with Gasteiger partial charge in [0, 0.05) is 25.7 Å². The standard InChI is InChI=1S/C24H28N2O5/c1-28-21-15-18(16-22-24(21)31-14-13-30-22)7-8-23(27)25-20(19-5-3-2-4-6-19)17-26-9-11-29-12-10-26/h2-8,15-16,20H,9-14,17H2,1H3,(H,25,27)/b8-7+. The first-order valence-electron chi connectivity index (χ1n) is 10.5. The molecule has 0 aromatic heterocycles. The lowest BCUT2D eigenvalue weighted by atomic mass is 10.1. The number of fused-ring (bicyclic) bond motifs is 1. The van der Waals surface area contributed by atoms with E-state index in [1.807, 2.05) is 42.5 Å². The van der Waals surface area contributed by atoms with Crippen molar-refractivity contribution in [2.75, 3.05) is 53.2 Å². The number of rotatable bonds is 7. The Morgan fingerprint density at radius 1 is 1.13 bits per heavy atom. The highest BCUT2D eigenvalue weighted by atomic mass is 16.6. The summed E-state index contributed by atoms with van der Waals surface area (Å²) < 4.78 is 22.2. The third kappa shape index (κ3) is 5.57. The minimum Gasteiger partial charge on any atom is -0.493 e. The zero-order valence-electron chi connectivity index (χ0n) is 17.7. The molecule has 7 nitrogen and oxygen atoms in total. The molecule has 31 heavy (non-hydrogen) atoms. The van der Waals surface area contributed by atoms with Crippen molar-refractivity contribution >= 4 is 12.0 Å². The summed E-state index contributed by atoms with van der Waals surface area (Å²) in [5.74, 6) is 1.66. The predicted octanol–water partition coefficient (Wildman–Crippen LogP) is 2.67. The third-order valence-electron chi connectivity index (χ3n) is 5.34. The van der Waals surface area contributed by atoms with Crippen LogP contribution >= 0.6 is 0 Å². The molecule has 0 bridgehead atoms. The first kappa shape index (κ1) is 21.2. The van der Waals surface area contributed by atoms with Gasteiger partial charge in [-0.2, -0.15) is 0 Å². The minimum absolute atomic E-state index is 0.105. The van der Waals surface area contributed by atoms with Gasteiger partial charge in [-0.1, -0.05) is 30.3 Å². The Morgan fingerprint density at radius 3 is 2.68 bits per heavy atom. The van der Waals surface area contributed by atoms with Crippen molar-refractivity contribution in [1.82, 2.24) is 10.2 Å². The Kier molecular flexibility index (Phi) is 7.07. The van der Waals surface area contributed by atoms with Gasteiger partial charge < -0.3 is 24.3 Å². The van der Waals surface area contributed by atoms with Crippen molar-refractivity contribution in [2.24, 2.45) is 0 Å². The van der Waals surface area contributed by atoms with Crippen LogP contribution in [-0.4, -0.2) is 64.0 Å². The van der Waals surface area contributed by atoms with Crippen molar-refractivity contribution in [3.8, 4) is 17.2 Å². The highest BCUT2D eigenvalue weighted by molar-refractivity contribution is 5.92. The highest BCUT2D eigenvalue weighted by Gasteiger charge is 2.20. The molecule has 2 aliphatic rings. The molecule has 2 aromatic carbocycles. The fourth-order valence-electron chi connectivity index (χ4n) is 3.74. The number of hydrogen-bond donors (Lipinski definition) is 1. The number of methoxy groups -OCH3 is 1. The van der Waals surface area contributed by atoms with E-state index in [4.69, 9.17) is 18.9 Å². The van der Waals surface area contributed by atoms with Gasteiger partial charge in [-0.25, -0.2) is 0 Å². The summed E-state index contributed by atoms with van der Waals surface area (Å²) in [7, 11) is 1.59. The van der Waals surface area contributed by atoms with E-state index in [-0.39, 0.29) is 11.9 Å². The summed E-state index contributed by atoms with van der Waals surface area (Å²) in [5, 5.41) is 3.15. The molecule has 2 aromatic rings. The number of carbonyl (C=O) groups excluding carboxylic acids is 1. The smallest absolute Gasteiger partial charge is 0.244 e. The van der Waals surface area contributed by atoms with Gasteiger partial charge in [0.1, 0.15) is 13.2 Å². The molecule has 2 aliphatic heterocycles. The molecule has 0 saturated carbocycles. The van der Waals surface area contributed by atoms with Crippen LogP contribution in [0.4, 0.5) is 0 Å². The van der Waals surface area contributed by atoms with Crippen LogP contribution in [-0.2, 0) is 9.53 Å². The maximum atomic E-state index is 12.8. The van der Waals surface area contributed by atoms with Crippen molar-refractivity contribution in [3.63, 3.8) is 0 Å². The van der Waals surface area contributed by atoms with Gasteiger partial charge in [0.15, 0.2) is 11.5 Å². The number of amides is 1. The Morgan fingerprint density at radius 2 is 1.90 bits per heavy atom. The van der Waals surface area contributed by atoms with Crippen LogP contribution in [0, 0.1) is 0 Å². The largest absolute Gasteiger partial charge is 0.493 e. The summed E-state index contributed by atoms with van der Waals surface area (Å²) in [4.78, 5) is 15.1. The summed E-state index contributed by atoms with van der Waals surface area (Å²) >= 11 is 0. The van der Waals surface area contributed by atoms with Crippen molar-refractivity contribution < 1.29 is 23.7 Å². The predicted molar refractivity (Wildman–Crippen MR) is 118 cm³/mol. The first-order chi connectivity index (χ1) is 15.2. The van der Waals surface area contributed by atoms with E-state index in [0.717, 1.165) is 44.0 Å². The lowest BCUT2D eigenvalue weighted by Crippen LogP contribution is -2.42. The van der Waals surface area contributed by atoms with Gasteiger partial charge in [-0.15, -0.1) is 0 Å². The molecule has 1 fully saturated rings.